The second-order valence-electron chi connectivity index (χ2n) is 7.25. The molecule has 0 amide bonds. The number of aryl methyl sites for hydroxylation is 1. The van der Waals surface area contributed by atoms with Gasteiger partial charge in [0.1, 0.15) is 12.4 Å². The number of nitrogens with zero attached hydrogens (tertiary/aromatic N) is 5. The van der Waals surface area contributed by atoms with Crippen LogP contribution in [0.3, 0.4) is 0 Å². The molecule has 1 aromatic heterocycles. The third-order valence-corrected chi connectivity index (χ3v) is 5.34. The van der Waals surface area contributed by atoms with Crippen LogP contribution in [-0.4, -0.2) is 45.3 Å². The van der Waals surface area contributed by atoms with Crippen molar-refractivity contribution in [2.24, 2.45) is 10.9 Å². The zero-order chi connectivity index (χ0) is 17.8. The van der Waals surface area contributed by atoms with Crippen molar-refractivity contribution >= 4 is 29.9 Å². The van der Waals surface area contributed by atoms with E-state index in [1.165, 1.54) is 18.4 Å². The molecular formula is C20H29IN6. The number of aromatic nitrogens is 3. The first-order valence-electron chi connectivity index (χ1n) is 9.81. The molecule has 1 N–H and O–H groups in total. The molecule has 2 aromatic rings. The monoisotopic (exact) mass is 480 g/mol. The van der Waals surface area contributed by atoms with Crippen molar-refractivity contribution in [3.8, 4) is 0 Å². The highest BCUT2D eigenvalue weighted by molar-refractivity contribution is 14.0. The quantitative estimate of drug-likeness (QED) is 0.406. The van der Waals surface area contributed by atoms with Gasteiger partial charge >= 0.3 is 0 Å². The number of fused-ring (bicyclic) bond motifs is 1. The van der Waals surface area contributed by atoms with Gasteiger partial charge < -0.3 is 14.8 Å². The zero-order valence-corrected chi connectivity index (χ0v) is 18.3. The van der Waals surface area contributed by atoms with Crippen LogP contribution >= 0.6 is 24.0 Å². The molecule has 2 aliphatic rings. The van der Waals surface area contributed by atoms with Crippen LogP contribution in [0.1, 0.15) is 37.0 Å². The molecule has 3 heterocycles. The lowest BCUT2D eigenvalue weighted by Crippen LogP contribution is -2.40. The first-order valence-corrected chi connectivity index (χ1v) is 9.81. The minimum atomic E-state index is 0. The minimum Gasteiger partial charge on any atom is -0.357 e. The standard InChI is InChI=1S/C20H28N6.HI/c1-2-21-20(22-14-19-24-23-18-9-6-11-26(18)19)25-12-10-17(15-25)13-16-7-4-3-5-8-16;/h3-5,7-8,17H,2,6,9-15H2,1H3,(H,21,22);1H. The van der Waals surface area contributed by atoms with Gasteiger partial charge in [-0.05, 0) is 37.7 Å². The number of benzene rings is 1. The van der Waals surface area contributed by atoms with E-state index in [1.807, 2.05) is 0 Å². The highest BCUT2D eigenvalue weighted by Crippen LogP contribution is 2.21. The third-order valence-electron chi connectivity index (χ3n) is 5.34. The number of aliphatic imine (C=N–C) groups is 1. The van der Waals surface area contributed by atoms with Crippen LogP contribution in [0.25, 0.3) is 0 Å². The van der Waals surface area contributed by atoms with Gasteiger partial charge in [-0.25, -0.2) is 4.99 Å². The van der Waals surface area contributed by atoms with Gasteiger partial charge in [-0.1, -0.05) is 30.3 Å². The van der Waals surface area contributed by atoms with E-state index in [2.05, 4.69) is 62.2 Å². The maximum atomic E-state index is 4.87. The molecule has 0 saturated carbocycles. The van der Waals surface area contributed by atoms with Crippen LogP contribution in [0.4, 0.5) is 0 Å². The second-order valence-corrected chi connectivity index (χ2v) is 7.25. The van der Waals surface area contributed by atoms with E-state index < -0.39 is 0 Å². The molecule has 4 rings (SSSR count). The summed E-state index contributed by atoms with van der Waals surface area (Å²) in [6.45, 7) is 6.79. The molecule has 0 aliphatic carbocycles. The van der Waals surface area contributed by atoms with Gasteiger partial charge in [0, 0.05) is 32.6 Å². The Kier molecular flexibility index (Phi) is 7.09. The number of guanidine groups is 1. The average molecular weight is 480 g/mol. The number of nitrogens with one attached hydrogen (secondary N) is 1. The van der Waals surface area contributed by atoms with Gasteiger partial charge in [-0.2, -0.15) is 0 Å². The van der Waals surface area contributed by atoms with E-state index in [1.54, 1.807) is 0 Å². The summed E-state index contributed by atoms with van der Waals surface area (Å²) in [7, 11) is 0. The largest absolute Gasteiger partial charge is 0.357 e. The van der Waals surface area contributed by atoms with Crippen LogP contribution in [0, 0.1) is 5.92 Å². The first kappa shape index (κ1) is 20.1. The third kappa shape index (κ3) is 4.80. The van der Waals surface area contributed by atoms with Gasteiger partial charge in [0.15, 0.2) is 11.8 Å². The molecule has 7 heteroatoms. The molecule has 0 bridgehead atoms. The summed E-state index contributed by atoms with van der Waals surface area (Å²) in [5.41, 5.74) is 1.43. The number of likely N-dealkylation sites (tertiary alicyclic amines) is 1. The first-order chi connectivity index (χ1) is 12.8. The maximum absolute atomic E-state index is 4.87. The molecule has 146 valence electrons. The molecule has 2 aliphatic heterocycles. The van der Waals surface area contributed by atoms with Gasteiger partial charge in [-0.15, -0.1) is 34.2 Å². The molecular weight excluding hydrogens is 451 g/mol. The van der Waals surface area contributed by atoms with E-state index in [9.17, 15) is 0 Å². The lowest BCUT2D eigenvalue weighted by atomic mass is 9.99. The van der Waals surface area contributed by atoms with Crippen LogP contribution in [0.15, 0.2) is 35.3 Å². The summed E-state index contributed by atoms with van der Waals surface area (Å²) in [5, 5.41) is 12.1. The second kappa shape index (κ2) is 9.52. The highest BCUT2D eigenvalue weighted by Gasteiger charge is 2.25. The average Bonchev–Trinajstić information content (AvgIpc) is 3.37. The molecule has 1 aromatic carbocycles. The molecule has 1 atom stereocenters. The lowest BCUT2D eigenvalue weighted by Gasteiger charge is -2.21. The summed E-state index contributed by atoms with van der Waals surface area (Å²) in [5.74, 6) is 3.81. The van der Waals surface area contributed by atoms with Gasteiger partial charge in [-0.3, -0.25) is 0 Å². The number of hydrogen-bond donors (Lipinski definition) is 1. The van der Waals surface area contributed by atoms with Gasteiger partial charge in [0.2, 0.25) is 0 Å². The van der Waals surface area contributed by atoms with E-state index in [-0.39, 0.29) is 24.0 Å². The molecule has 0 spiro atoms. The van der Waals surface area contributed by atoms with Crippen LogP contribution in [-0.2, 0) is 25.9 Å². The smallest absolute Gasteiger partial charge is 0.194 e. The topological polar surface area (TPSA) is 58.3 Å². The molecule has 1 fully saturated rings. The van der Waals surface area contributed by atoms with Crippen LogP contribution in [0.2, 0.25) is 0 Å². The van der Waals surface area contributed by atoms with Crippen molar-refractivity contribution in [1.82, 2.24) is 25.0 Å². The minimum absolute atomic E-state index is 0. The predicted molar refractivity (Wildman–Crippen MR) is 118 cm³/mol. The van der Waals surface area contributed by atoms with E-state index in [0.717, 1.165) is 56.6 Å². The Balaban J connectivity index is 0.00000210. The summed E-state index contributed by atoms with van der Waals surface area (Å²) >= 11 is 0. The van der Waals surface area contributed by atoms with Crippen molar-refractivity contribution in [2.75, 3.05) is 19.6 Å². The van der Waals surface area contributed by atoms with Crippen LogP contribution in [0.5, 0.6) is 0 Å². The fraction of sp³-hybridized carbons (Fsp3) is 0.550. The number of halogens is 1. The Bertz CT molecular complexity index is 757. The Morgan fingerprint density at radius 1 is 1.22 bits per heavy atom. The van der Waals surface area contributed by atoms with Gasteiger partial charge in [0.05, 0.1) is 0 Å². The maximum Gasteiger partial charge on any atom is 0.194 e. The van der Waals surface area contributed by atoms with Crippen molar-refractivity contribution in [2.45, 2.75) is 45.7 Å². The SMILES string of the molecule is CCNC(=NCc1nnc2n1CCC2)N1CCC(Cc2ccccc2)C1.I. The fourth-order valence-corrected chi connectivity index (χ4v) is 4.04. The highest BCUT2D eigenvalue weighted by atomic mass is 127. The Hall–Kier alpha value is -1.64. The molecule has 0 radical (unpaired) electrons. The van der Waals surface area contributed by atoms with E-state index in [4.69, 9.17) is 4.99 Å². The van der Waals surface area contributed by atoms with E-state index in [0.29, 0.717) is 12.5 Å². The van der Waals surface area contributed by atoms with Crippen molar-refractivity contribution in [1.29, 1.82) is 0 Å². The summed E-state index contributed by atoms with van der Waals surface area (Å²) < 4.78 is 2.23. The normalized spacial score (nSPS) is 19.1. The zero-order valence-electron chi connectivity index (χ0n) is 16.0. The molecule has 1 unspecified atom stereocenters. The summed E-state index contributed by atoms with van der Waals surface area (Å²) in [6, 6.07) is 10.8. The predicted octanol–water partition coefficient (Wildman–Crippen LogP) is 2.87. The lowest BCUT2D eigenvalue weighted by molar-refractivity contribution is 0.459. The molecule has 27 heavy (non-hydrogen) atoms. The number of hydrogen-bond acceptors (Lipinski definition) is 3. The Labute approximate surface area is 178 Å². The Morgan fingerprint density at radius 3 is 2.89 bits per heavy atom. The molecule has 1 saturated heterocycles. The van der Waals surface area contributed by atoms with Gasteiger partial charge in [0.25, 0.3) is 0 Å². The summed E-state index contributed by atoms with van der Waals surface area (Å²) in [6.07, 6.45) is 4.59. The van der Waals surface area contributed by atoms with E-state index >= 15 is 0 Å². The number of rotatable bonds is 5. The Morgan fingerprint density at radius 2 is 2.07 bits per heavy atom. The fourth-order valence-electron chi connectivity index (χ4n) is 4.04. The van der Waals surface area contributed by atoms with Crippen LogP contribution < -0.4 is 5.32 Å². The van der Waals surface area contributed by atoms with Crippen molar-refractivity contribution in [3.63, 3.8) is 0 Å². The molecule has 6 nitrogen and oxygen atoms in total. The summed E-state index contributed by atoms with van der Waals surface area (Å²) in [4.78, 5) is 7.27. The van der Waals surface area contributed by atoms with Crippen molar-refractivity contribution in [3.05, 3.63) is 47.5 Å². The van der Waals surface area contributed by atoms with Crippen molar-refractivity contribution < 1.29 is 0 Å².